The van der Waals surface area contributed by atoms with Gasteiger partial charge in [-0.3, -0.25) is 4.79 Å². The number of H-pyrrole nitrogens is 1. The van der Waals surface area contributed by atoms with Gasteiger partial charge in [0.2, 0.25) is 0 Å². The number of aromatic nitrogens is 2. The summed E-state index contributed by atoms with van der Waals surface area (Å²) >= 11 is 6.33. The van der Waals surface area contributed by atoms with Crippen LogP contribution in [0, 0.1) is 6.92 Å². The van der Waals surface area contributed by atoms with Crippen LogP contribution in [-0.2, 0) is 4.74 Å². The molecule has 0 unspecified atom stereocenters. The van der Waals surface area contributed by atoms with Crippen molar-refractivity contribution in [3.8, 4) is 0 Å². The van der Waals surface area contributed by atoms with Gasteiger partial charge in [-0.1, -0.05) is 41.4 Å². The highest BCUT2D eigenvalue weighted by Gasteiger charge is 2.11. The lowest BCUT2D eigenvalue weighted by atomic mass is 10.1. The molecule has 0 amide bonds. The molecule has 0 radical (unpaired) electrons. The highest BCUT2D eigenvalue weighted by molar-refractivity contribution is 6.50. The largest absolute Gasteiger partial charge is 0.465 e. The Morgan fingerprint density at radius 1 is 1.24 bits per heavy atom. The molecule has 1 aromatic heterocycles. The molecular weight excluding hydrogens is 340 g/mol. The zero-order chi connectivity index (χ0) is 18.0. The number of nitrogens with one attached hydrogen (secondary N) is 1. The van der Waals surface area contributed by atoms with Gasteiger partial charge >= 0.3 is 5.97 Å². The topological polar surface area (TPSA) is 72.1 Å². The van der Waals surface area contributed by atoms with Crippen LogP contribution in [0.3, 0.4) is 0 Å². The second-order valence-corrected chi connectivity index (χ2v) is 5.95. The molecule has 0 aliphatic carbocycles. The molecule has 6 heteroatoms. The summed E-state index contributed by atoms with van der Waals surface area (Å²) in [6.45, 7) is 1.98. The van der Waals surface area contributed by atoms with Crippen molar-refractivity contribution in [2.24, 2.45) is 0 Å². The molecule has 2 aromatic carbocycles. The quantitative estimate of drug-likeness (QED) is 0.727. The standard InChI is InChI=1S/C19H15ClN2O3/c1-11-4-3-5-12(8-11)9-15(20)17-21-16-10-13(19(24)25-2)6-7-14(16)18(23)22-17/h3-10H,1-2H3,(H,21,22,23). The SMILES string of the molecule is COC(=O)c1ccc2c(=O)[nH]c(C(Cl)=Cc3cccc(C)c3)nc2c1. The maximum atomic E-state index is 12.3. The maximum Gasteiger partial charge on any atom is 0.337 e. The van der Waals surface area contributed by atoms with Crippen molar-refractivity contribution in [3.63, 3.8) is 0 Å². The number of benzene rings is 2. The first-order valence-corrected chi connectivity index (χ1v) is 7.92. The summed E-state index contributed by atoms with van der Waals surface area (Å²) in [5.74, 6) is -0.255. The molecule has 3 aromatic rings. The van der Waals surface area contributed by atoms with Crippen LogP contribution in [0.4, 0.5) is 0 Å². The lowest BCUT2D eigenvalue weighted by Crippen LogP contribution is -2.11. The number of rotatable bonds is 3. The molecule has 1 heterocycles. The molecule has 126 valence electrons. The highest BCUT2D eigenvalue weighted by Crippen LogP contribution is 2.21. The van der Waals surface area contributed by atoms with Gasteiger partial charge in [-0.15, -0.1) is 0 Å². The minimum atomic E-state index is -0.494. The van der Waals surface area contributed by atoms with E-state index in [0.29, 0.717) is 21.5 Å². The van der Waals surface area contributed by atoms with Crippen LogP contribution in [0.2, 0.25) is 0 Å². The number of halogens is 1. The van der Waals surface area contributed by atoms with Gasteiger partial charge in [0, 0.05) is 0 Å². The van der Waals surface area contributed by atoms with Crippen LogP contribution in [0.1, 0.15) is 27.3 Å². The number of ether oxygens (including phenoxy) is 1. The molecule has 0 atom stereocenters. The second kappa shape index (κ2) is 6.91. The van der Waals surface area contributed by atoms with Crippen molar-refractivity contribution in [1.29, 1.82) is 0 Å². The Hall–Kier alpha value is -2.92. The predicted molar refractivity (Wildman–Crippen MR) is 98.6 cm³/mol. The summed E-state index contributed by atoms with van der Waals surface area (Å²) < 4.78 is 4.69. The van der Waals surface area contributed by atoms with E-state index in [1.807, 2.05) is 31.2 Å². The summed E-state index contributed by atoms with van der Waals surface area (Å²) in [6.07, 6.45) is 1.73. The van der Waals surface area contributed by atoms with Gasteiger partial charge in [-0.05, 0) is 36.8 Å². The van der Waals surface area contributed by atoms with Crippen LogP contribution in [0.5, 0.6) is 0 Å². The van der Waals surface area contributed by atoms with Crippen LogP contribution in [0.15, 0.2) is 47.3 Å². The first-order valence-electron chi connectivity index (χ1n) is 7.54. The summed E-state index contributed by atoms with van der Waals surface area (Å²) in [5.41, 5.74) is 2.36. The van der Waals surface area contributed by atoms with Crippen molar-refractivity contribution >= 4 is 39.6 Å². The summed E-state index contributed by atoms with van der Waals surface area (Å²) in [6, 6.07) is 12.3. The average molecular weight is 355 g/mol. The van der Waals surface area contributed by atoms with Gasteiger partial charge < -0.3 is 9.72 Å². The first-order chi connectivity index (χ1) is 12.0. The van der Waals surface area contributed by atoms with Crippen molar-refractivity contribution in [1.82, 2.24) is 9.97 Å². The summed E-state index contributed by atoms with van der Waals surface area (Å²) in [5, 5.41) is 0.671. The van der Waals surface area contributed by atoms with Gasteiger partial charge in [-0.2, -0.15) is 0 Å². The fraction of sp³-hybridized carbons (Fsp3) is 0.105. The van der Waals surface area contributed by atoms with Gasteiger partial charge in [0.25, 0.3) is 5.56 Å². The van der Waals surface area contributed by atoms with E-state index in [9.17, 15) is 9.59 Å². The van der Waals surface area contributed by atoms with E-state index < -0.39 is 5.97 Å². The number of fused-ring (bicyclic) bond motifs is 1. The van der Waals surface area contributed by atoms with Gasteiger partial charge in [0.15, 0.2) is 5.82 Å². The van der Waals surface area contributed by atoms with Crippen LogP contribution < -0.4 is 5.56 Å². The Morgan fingerprint density at radius 2 is 2.04 bits per heavy atom. The zero-order valence-electron chi connectivity index (χ0n) is 13.7. The van der Waals surface area contributed by atoms with E-state index >= 15 is 0 Å². The van der Waals surface area contributed by atoms with E-state index in [-0.39, 0.29) is 11.4 Å². The number of aryl methyl sites for hydroxylation is 1. The Balaban J connectivity index is 2.10. The second-order valence-electron chi connectivity index (χ2n) is 5.54. The fourth-order valence-corrected chi connectivity index (χ4v) is 2.69. The Morgan fingerprint density at radius 3 is 2.76 bits per heavy atom. The number of methoxy groups -OCH3 is 1. The molecule has 3 rings (SSSR count). The lowest BCUT2D eigenvalue weighted by Gasteiger charge is -2.04. The molecule has 0 saturated carbocycles. The van der Waals surface area contributed by atoms with Crippen molar-refractivity contribution in [2.45, 2.75) is 6.92 Å². The number of esters is 1. The van der Waals surface area contributed by atoms with Crippen molar-refractivity contribution in [2.75, 3.05) is 7.11 Å². The van der Waals surface area contributed by atoms with Crippen molar-refractivity contribution in [3.05, 3.63) is 75.3 Å². The molecule has 0 aliphatic rings. The third-order valence-electron chi connectivity index (χ3n) is 3.69. The van der Waals surface area contributed by atoms with Gasteiger partial charge in [0.1, 0.15) is 0 Å². The Labute approximate surface area is 148 Å². The molecule has 5 nitrogen and oxygen atoms in total. The maximum absolute atomic E-state index is 12.3. The zero-order valence-corrected chi connectivity index (χ0v) is 14.4. The van der Waals surface area contributed by atoms with Gasteiger partial charge in [-0.25, -0.2) is 9.78 Å². The smallest absolute Gasteiger partial charge is 0.337 e. The van der Waals surface area contributed by atoms with E-state index in [4.69, 9.17) is 16.3 Å². The molecule has 0 spiro atoms. The lowest BCUT2D eigenvalue weighted by molar-refractivity contribution is 0.0601. The van der Waals surface area contributed by atoms with Gasteiger partial charge in [0.05, 0.1) is 28.6 Å². The number of hydrogen-bond acceptors (Lipinski definition) is 4. The molecule has 1 N–H and O–H groups in total. The van der Waals surface area contributed by atoms with E-state index in [1.165, 1.54) is 25.3 Å². The summed E-state index contributed by atoms with van der Waals surface area (Å²) in [4.78, 5) is 31.0. The van der Waals surface area contributed by atoms with E-state index in [2.05, 4.69) is 9.97 Å². The number of hydrogen-bond donors (Lipinski definition) is 1. The molecule has 0 fully saturated rings. The minimum absolute atomic E-state index is 0.239. The fourth-order valence-electron chi connectivity index (χ4n) is 2.47. The van der Waals surface area contributed by atoms with Crippen molar-refractivity contribution < 1.29 is 9.53 Å². The molecular formula is C19H15ClN2O3. The predicted octanol–water partition coefficient (Wildman–Crippen LogP) is 3.76. The third kappa shape index (κ3) is 3.61. The summed E-state index contributed by atoms with van der Waals surface area (Å²) in [7, 11) is 1.30. The van der Waals surface area contributed by atoms with E-state index in [1.54, 1.807) is 6.08 Å². The molecule has 0 aliphatic heterocycles. The van der Waals surface area contributed by atoms with Crippen LogP contribution in [-0.4, -0.2) is 23.0 Å². The average Bonchev–Trinajstić information content (AvgIpc) is 2.60. The van der Waals surface area contributed by atoms with Crippen LogP contribution in [0.25, 0.3) is 22.0 Å². The monoisotopic (exact) mass is 354 g/mol. The molecule has 0 bridgehead atoms. The number of nitrogens with zero attached hydrogens (tertiary/aromatic N) is 1. The Bertz CT molecular complexity index is 1050. The van der Waals surface area contributed by atoms with Crippen LogP contribution >= 0.6 is 11.6 Å². The Kier molecular flexibility index (Phi) is 4.67. The number of carbonyl (C=O) groups is 1. The first kappa shape index (κ1) is 16.9. The minimum Gasteiger partial charge on any atom is -0.465 e. The number of carbonyl (C=O) groups excluding carboxylic acids is 1. The highest BCUT2D eigenvalue weighted by atomic mass is 35.5. The number of aromatic amines is 1. The normalized spacial score (nSPS) is 11.6. The van der Waals surface area contributed by atoms with E-state index in [0.717, 1.165) is 11.1 Å². The third-order valence-corrected chi connectivity index (χ3v) is 3.98. The molecule has 25 heavy (non-hydrogen) atoms. The molecule has 0 saturated heterocycles.